The molecule has 0 spiro atoms. The summed E-state index contributed by atoms with van der Waals surface area (Å²) in [5, 5.41) is 10.7. The number of halogens is 1. The second-order valence-corrected chi connectivity index (χ2v) is 27.0. The summed E-state index contributed by atoms with van der Waals surface area (Å²) in [5.41, 5.74) is 6.96. The molecule has 2 aliphatic heterocycles. The molecule has 5 N–H and O–H groups in total. The van der Waals surface area contributed by atoms with Crippen LogP contribution in [0.15, 0.2) is 119 Å². The molecule has 0 aromatic heterocycles. The van der Waals surface area contributed by atoms with Gasteiger partial charge in [-0.3, -0.25) is 23.0 Å². The van der Waals surface area contributed by atoms with Crippen molar-refractivity contribution in [3.05, 3.63) is 136 Å². The second kappa shape index (κ2) is 23.4. The lowest BCUT2D eigenvalue weighted by Gasteiger charge is -2.28. The van der Waals surface area contributed by atoms with Gasteiger partial charge in [0.1, 0.15) is 12.4 Å². The Kier molecular flexibility index (Phi) is 18.0. The van der Waals surface area contributed by atoms with Crippen LogP contribution in [0.1, 0.15) is 109 Å². The van der Waals surface area contributed by atoms with Crippen LogP contribution in [0.5, 0.6) is 0 Å². The molecule has 22 heteroatoms. The number of aliphatic carboxylic acids is 1. The fraction of sp³-hybridized carbons (Fsp3) is 0.418. The summed E-state index contributed by atoms with van der Waals surface area (Å²) in [7, 11) is -17.4. The zero-order chi connectivity index (χ0) is 56.3. The molecule has 1 aliphatic carbocycles. The summed E-state index contributed by atoms with van der Waals surface area (Å²) in [6.45, 7) is 9.08. The van der Waals surface area contributed by atoms with Crippen molar-refractivity contribution in [1.82, 2.24) is 0 Å². The number of rotatable bonds is 24. The van der Waals surface area contributed by atoms with Crippen LogP contribution in [0.3, 0.4) is 0 Å². The number of carboxylic acid groups (broad SMARTS) is 1. The fourth-order valence-corrected chi connectivity index (χ4v) is 13.1. The number of anilines is 2. The quantitative estimate of drug-likeness (QED) is 0.0248. The Labute approximate surface area is 451 Å². The Balaban J connectivity index is 1.33. The van der Waals surface area contributed by atoms with Gasteiger partial charge in [0.2, 0.25) is 5.69 Å². The van der Waals surface area contributed by atoms with E-state index in [1.165, 1.54) is 18.2 Å². The molecule has 77 heavy (non-hydrogen) atoms. The van der Waals surface area contributed by atoms with Gasteiger partial charge in [0.05, 0.1) is 27.6 Å². The van der Waals surface area contributed by atoms with Crippen LogP contribution in [0.4, 0.5) is 21.5 Å². The number of hydrogen-bond acceptors (Lipinski definition) is 11. The minimum absolute atomic E-state index is 0.0137. The Morgan fingerprint density at radius 2 is 1.39 bits per heavy atom. The van der Waals surface area contributed by atoms with Crippen molar-refractivity contribution < 1.29 is 70.7 Å². The molecule has 4 aromatic rings. The van der Waals surface area contributed by atoms with E-state index in [0.29, 0.717) is 67.3 Å². The summed E-state index contributed by atoms with van der Waals surface area (Å²) < 4.78 is 152. The number of fused-ring (bicyclic) bond motifs is 4. The molecule has 0 saturated heterocycles. The Hall–Kier alpha value is -5.59. The smallest absolute Gasteiger partial charge is 0.303 e. The van der Waals surface area contributed by atoms with Gasteiger partial charge >= 0.3 is 5.97 Å². The summed E-state index contributed by atoms with van der Waals surface area (Å²) in [4.78, 5) is 14.9. The van der Waals surface area contributed by atoms with Crippen molar-refractivity contribution in [2.24, 2.45) is 0 Å². The van der Waals surface area contributed by atoms with Crippen molar-refractivity contribution in [3.63, 3.8) is 0 Å². The monoisotopic (exact) mass is 1140 g/mol. The standard InChI is InChI=1S/C55H66FN3O14S4/c1-54(2)45-37-41(57(29-11-33-74(62,63)64)30-12-34-75(65,66)67)22-26-47(45)58(32-13-35-76(68,69)70)49(54)27-20-38-14-10-15-39(52(38)44-16-7-8-17-46(44)56)21-28-50-55(3,4)53-43-24-23-42(77(71,72)73)36-40(43)19-25-48(53)59(50)31-9-5-6-18-51(60)61/h7-8,16-17,19-28,36-37H,5-6,9-15,18,29-35H2,1-4H3,(H4-,60,61,62,63,64,65,66,67,68,69,70,71,72,73)/p+1. The molecule has 0 atom stereocenters. The minimum atomic E-state index is -4.48. The molecule has 17 nitrogen and oxygen atoms in total. The summed E-state index contributed by atoms with van der Waals surface area (Å²) in [6.07, 6.45) is 11.8. The molecule has 4 aromatic carbocycles. The maximum atomic E-state index is 16.3. The van der Waals surface area contributed by atoms with E-state index < -0.39 is 80.3 Å². The molecule has 0 radical (unpaired) electrons. The molecular weight excluding hydrogens is 1070 g/mol. The lowest BCUT2D eigenvalue weighted by Crippen LogP contribution is -2.29. The number of unbranched alkanes of at least 4 members (excludes halogenated alkanes) is 2. The van der Waals surface area contributed by atoms with Gasteiger partial charge in [-0.2, -0.15) is 38.2 Å². The van der Waals surface area contributed by atoms with E-state index in [1.807, 2.05) is 67.3 Å². The number of hydrogen-bond donors (Lipinski definition) is 5. The number of carbonyl (C=O) groups is 1. The number of carboxylic acids is 1. The van der Waals surface area contributed by atoms with Crippen LogP contribution >= 0.6 is 0 Å². The van der Waals surface area contributed by atoms with Gasteiger partial charge in [-0.25, -0.2) is 4.39 Å². The highest BCUT2D eigenvalue weighted by Crippen LogP contribution is 2.50. The molecule has 3 aliphatic rings. The molecule has 0 unspecified atom stereocenters. The molecule has 2 heterocycles. The first kappa shape index (κ1) is 59.1. The van der Waals surface area contributed by atoms with Gasteiger partial charge in [-0.15, -0.1) is 0 Å². The third-order valence-electron chi connectivity index (χ3n) is 14.6. The molecule has 0 amide bonds. The van der Waals surface area contributed by atoms with E-state index >= 15 is 4.39 Å². The van der Waals surface area contributed by atoms with Crippen LogP contribution in [-0.2, 0) is 56.1 Å². The maximum Gasteiger partial charge on any atom is 0.303 e. The van der Waals surface area contributed by atoms with Gasteiger partial charge in [0.15, 0.2) is 5.71 Å². The fourth-order valence-electron chi connectivity index (χ4n) is 11.1. The zero-order valence-electron chi connectivity index (χ0n) is 43.5. The van der Waals surface area contributed by atoms with Crippen molar-refractivity contribution >= 4 is 85.6 Å². The van der Waals surface area contributed by atoms with E-state index in [1.54, 1.807) is 35.2 Å². The van der Waals surface area contributed by atoms with Crippen molar-refractivity contribution in [3.8, 4) is 0 Å². The van der Waals surface area contributed by atoms with Gasteiger partial charge in [-0.1, -0.05) is 50.3 Å². The second-order valence-electron chi connectivity index (χ2n) is 20.9. The Morgan fingerprint density at radius 1 is 0.727 bits per heavy atom. The van der Waals surface area contributed by atoms with Crippen LogP contribution in [0.25, 0.3) is 16.3 Å². The molecule has 7 rings (SSSR count). The summed E-state index contributed by atoms with van der Waals surface area (Å²) in [5.74, 6) is -2.88. The highest BCUT2D eigenvalue weighted by Gasteiger charge is 2.46. The minimum Gasteiger partial charge on any atom is -0.481 e. The highest BCUT2D eigenvalue weighted by molar-refractivity contribution is 7.86. The van der Waals surface area contributed by atoms with Crippen LogP contribution < -0.4 is 9.80 Å². The first-order chi connectivity index (χ1) is 36.0. The van der Waals surface area contributed by atoms with Crippen LogP contribution in [0, 0.1) is 5.82 Å². The number of allylic oxidation sites excluding steroid dienone is 8. The molecule has 416 valence electrons. The van der Waals surface area contributed by atoms with E-state index in [-0.39, 0.29) is 50.2 Å². The Bertz CT molecular complexity index is 3550. The molecular formula is C55H67FN3O14S4+. The van der Waals surface area contributed by atoms with E-state index in [0.717, 1.165) is 50.4 Å². The van der Waals surface area contributed by atoms with Gasteiger partial charge in [-0.05, 0) is 147 Å². The first-order valence-corrected chi connectivity index (χ1v) is 31.7. The average molecular weight is 1140 g/mol. The predicted molar refractivity (Wildman–Crippen MR) is 297 cm³/mol. The SMILES string of the molecule is CC1(C)C(=CC=C2CCCC(C=CC3=[N+](CCCCCC(=O)O)c4ccc5cc(S(=O)(=O)O)ccc5c4C3(C)C)=C2c2ccccc2F)N(CCCS(=O)(=O)O)c2ccc(N(CCCS(=O)(=O)O)CCCS(=O)(=O)O)cc21. The zero-order valence-corrected chi connectivity index (χ0v) is 46.8. The van der Waals surface area contributed by atoms with E-state index in [2.05, 4.69) is 18.4 Å². The molecule has 0 fully saturated rings. The van der Waals surface area contributed by atoms with E-state index in [4.69, 9.17) is 0 Å². The van der Waals surface area contributed by atoms with Crippen molar-refractivity contribution in [2.45, 2.75) is 108 Å². The average Bonchev–Trinajstić information content (AvgIpc) is 3.84. The molecule has 0 bridgehead atoms. The number of benzene rings is 4. The predicted octanol–water partition coefficient (Wildman–Crippen LogP) is 9.69. The van der Waals surface area contributed by atoms with Gasteiger partial charge in [0, 0.05) is 78.2 Å². The first-order valence-electron chi connectivity index (χ1n) is 25.5. The summed E-state index contributed by atoms with van der Waals surface area (Å²) in [6, 6.07) is 20.3. The third kappa shape index (κ3) is 14.4. The summed E-state index contributed by atoms with van der Waals surface area (Å²) >= 11 is 0. The maximum absolute atomic E-state index is 16.3. The van der Waals surface area contributed by atoms with Gasteiger partial charge in [0.25, 0.3) is 40.5 Å². The largest absolute Gasteiger partial charge is 0.481 e. The topological polar surface area (TPSA) is 264 Å². The van der Waals surface area contributed by atoms with E-state index in [9.17, 15) is 61.8 Å². The lowest BCUT2D eigenvalue weighted by molar-refractivity contribution is -0.438. The highest BCUT2D eigenvalue weighted by atomic mass is 32.2. The van der Waals surface area contributed by atoms with Crippen LogP contribution in [0.2, 0.25) is 0 Å². The van der Waals surface area contributed by atoms with Crippen LogP contribution in [-0.4, -0.2) is 117 Å². The lowest BCUT2D eigenvalue weighted by atomic mass is 9.78. The van der Waals surface area contributed by atoms with Crippen molar-refractivity contribution in [1.29, 1.82) is 0 Å². The molecule has 0 saturated carbocycles. The third-order valence-corrected chi connectivity index (χ3v) is 17.9. The van der Waals surface area contributed by atoms with Crippen molar-refractivity contribution in [2.75, 3.05) is 53.2 Å². The Morgan fingerprint density at radius 3 is 2.03 bits per heavy atom. The van der Waals surface area contributed by atoms with Gasteiger partial charge < -0.3 is 14.9 Å². The number of nitrogens with zero attached hydrogens (tertiary/aromatic N) is 3. The normalized spacial score (nSPS) is 17.8.